The van der Waals surface area contributed by atoms with Crippen molar-refractivity contribution < 1.29 is 4.92 Å². The van der Waals surface area contributed by atoms with Crippen molar-refractivity contribution in [2.75, 3.05) is 5.32 Å². The van der Waals surface area contributed by atoms with Crippen LogP contribution >= 0.6 is 11.3 Å². The van der Waals surface area contributed by atoms with Crippen LogP contribution in [0.1, 0.15) is 22.9 Å². The number of hydrogen-bond acceptors (Lipinski definition) is 5. The second-order valence-corrected chi connectivity index (χ2v) is 5.15. The largest absolute Gasteiger partial charge is 0.375 e. The summed E-state index contributed by atoms with van der Waals surface area (Å²) in [4.78, 5) is 11.7. The van der Waals surface area contributed by atoms with E-state index < -0.39 is 4.92 Å². The number of hydrogen-bond donors (Lipinski definition) is 1. The highest BCUT2D eigenvalue weighted by atomic mass is 32.1. The van der Waals surface area contributed by atoms with Gasteiger partial charge in [-0.25, -0.2) is 0 Å². The minimum atomic E-state index is -0.518. The molecule has 5 nitrogen and oxygen atoms in total. The molecule has 0 aliphatic rings. The van der Waals surface area contributed by atoms with Crippen LogP contribution in [0, 0.1) is 21.4 Å². The fourth-order valence-corrected chi connectivity index (χ4v) is 2.90. The minimum Gasteiger partial charge on any atom is -0.375 e. The number of para-hydroxylation sites is 1. The molecule has 2 aromatic rings. The lowest BCUT2D eigenvalue weighted by Crippen LogP contribution is -2.04. The van der Waals surface area contributed by atoms with Gasteiger partial charge in [-0.05, 0) is 35.6 Å². The normalized spacial score (nSPS) is 10.0. The SMILES string of the molecule is CCc1ccsc1CNc1cccc(C#N)c1[N+](=O)[O-]. The predicted octanol–water partition coefficient (Wildman–Crippen LogP) is 3.70. The zero-order chi connectivity index (χ0) is 14.5. The first-order valence-electron chi connectivity index (χ1n) is 6.14. The number of aryl methyl sites for hydroxylation is 1. The van der Waals surface area contributed by atoms with E-state index >= 15 is 0 Å². The van der Waals surface area contributed by atoms with Crippen LogP contribution in [0.3, 0.4) is 0 Å². The summed E-state index contributed by atoms with van der Waals surface area (Å²) < 4.78 is 0. The molecule has 0 aliphatic heterocycles. The first-order valence-corrected chi connectivity index (χ1v) is 7.02. The molecule has 0 saturated heterocycles. The highest BCUT2D eigenvalue weighted by Gasteiger charge is 2.19. The quantitative estimate of drug-likeness (QED) is 0.671. The van der Waals surface area contributed by atoms with Crippen molar-refractivity contribution in [1.29, 1.82) is 5.26 Å². The fraction of sp³-hybridized carbons (Fsp3) is 0.214. The number of thiophene rings is 1. The first kappa shape index (κ1) is 14.0. The van der Waals surface area contributed by atoms with Crippen molar-refractivity contribution in [2.45, 2.75) is 19.9 Å². The molecule has 0 spiro atoms. The average molecular weight is 287 g/mol. The van der Waals surface area contributed by atoms with Crippen molar-refractivity contribution in [3.63, 3.8) is 0 Å². The van der Waals surface area contributed by atoms with Gasteiger partial charge < -0.3 is 5.32 Å². The van der Waals surface area contributed by atoms with Crippen LogP contribution in [0.5, 0.6) is 0 Å². The number of nitro benzene ring substituents is 1. The Kier molecular flexibility index (Phi) is 4.33. The van der Waals surface area contributed by atoms with Crippen molar-refractivity contribution in [3.05, 3.63) is 55.8 Å². The average Bonchev–Trinajstić information content (AvgIpc) is 2.91. The summed E-state index contributed by atoms with van der Waals surface area (Å²) in [7, 11) is 0. The molecule has 0 aliphatic carbocycles. The molecule has 0 amide bonds. The Morgan fingerprint density at radius 1 is 1.45 bits per heavy atom. The summed E-state index contributed by atoms with van der Waals surface area (Å²) in [6.07, 6.45) is 0.931. The molecule has 0 atom stereocenters. The van der Waals surface area contributed by atoms with Crippen LogP contribution in [0.25, 0.3) is 0 Å². The van der Waals surface area contributed by atoms with Gasteiger partial charge in [0.2, 0.25) is 0 Å². The maximum Gasteiger partial charge on any atom is 0.309 e. The topological polar surface area (TPSA) is 79.0 Å². The van der Waals surface area contributed by atoms with Gasteiger partial charge in [0.05, 0.1) is 4.92 Å². The van der Waals surface area contributed by atoms with Gasteiger partial charge in [0.1, 0.15) is 17.3 Å². The Balaban J connectivity index is 2.26. The molecule has 1 aromatic heterocycles. The Hall–Kier alpha value is -2.39. The zero-order valence-corrected chi connectivity index (χ0v) is 11.7. The van der Waals surface area contributed by atoms with Gasteiger partial charge in [-0.2, -0.15) is 5.26 Å². The third-order valence-electron chi connectivity index (χ3n) is 3.00. The third kappa shape index (κ3) is 2.78. The Bertz CT molecular complexity index is 673. The summed E-state index contributed by atoms with van der Waals surface area (Å²) in [6, 6.07) is 8.63. The lowest BCUT2D eigenvalue weighted by atomic mass is 10.1. The molecule has 20 heavy (non-hydrogen) atoms. The molecule has 0 unspecified atom stereocenters. The van der Waals surface area contributed by atoms with E-state index in [0.29, 0.717) is 12.2 Å². The summed E-state index contributed by atoms with van der Waals surface area (Å²) >= 11 is 1.62. The molecule has 102 valence electrons. The van der Waals surface area contributed by atoms with Gasteiger partial charge in [0, 0.05) is 11.4 Å². The predicted molar refractivity (Wildman–Crippen MR) is 78.8 cm³/mol. The van der Waals surface area contributed by atoms with Gasteiger partial charge in [-0.15, -0.1) is 11.3 Å². The van der Waals surface area contributed by atoms with E-state index in [1.54, 1.807) is 23.5 Å². The fourth-order valence-electron chi connectivity index (χ4n) is 1.99. The monoisotopic (exact) mass is 287 g/mol. The zero-order valence-electron chi connectivity index (χ0n) is 10.9. The number of benzene rings is 1. The molecule has 1 heterocycles. The van der Waals surface area contributed by atoms with Crippen molar-refractivity contribution in [3.8, 4) is 6.07 Å². The van der Waals surface area contributed by atoms with E-state index in [4.69, 9.17) is 5.26 Å². The molecular formula is C14H13N3O2S. The molecule has 0 fully saturated rings. The van der Waals surface area contributed by atoms with Crippen molar-refractivity contribution in [1.82, 2.24) is 0 Å². The number of anilines is 1. The van der Waals surface area contributed by atoms with E-state index in [1.807, 2.05) is 11.4 Å². The van der Waals surface area contributed by atoms with Crippen LogP contribution < -0.4 is 5.32 Å². The van der Waals surface area contributed by atoms with Crippen LogP contribution in [0.4, 0.5) is 11.4 Å². The lowest BCUT2D eigenvalue weighted by Gasteiger charge is -2.08. The Morgan fingerprint density at radius 2 is 2.25 bits per heavy atom. The van der Waals surface area contributed by atoms with Gasteiger partial charge in [-0.3, -0.25) is 10.1 Å². The molecule has 1 N–H and O–H groups in total. The van der Waals surface area contributed by atoms with Gasteiger partial charge in [0.15, 0.2) is 0 Å². The highest BCUT2D eigenvalue weighted by Crippen LogP contribution is 2.29. The van der Waals surface area contributed by atoms with E-state index in [2.05, 4.69) is 18.3 Å². The molecular weight excluding hydrogens is 274 g/mol. The second-order valence-electron chi connectivity index (χ2n) is 4.15. The highest BCUT2D eigenvalue weighted by molar-refractivity contribution is 7.10. The minimum absolute atomic E-state index is 0.0712. The van der Waals surface area contributed by atoms with Crippen LogP contribution in [0.15, 0.2) is 29.6 Å². The van der Waals surface area contributed by atoms with E-state index in [0.717, 1.165) is 11.3 Å². The van der Waals surface area contributed by atoms with Crippen LogP contribution in [0.2, 0.25) is 0 Å². The van der Waals surface area contributed by atoms with E-state index in [1.165, 1.54) is 11.6 Å². The van der Waals surface area contributed by atoms with Gasteiger partial charge in [0.25, 0.3) is 0 Å². The lowest BCUT2D eigenvalue weighted by molar-refractivity contribution is -0.384. The number of nitrogens with zero attached hydrogens (tertiary/aromatic N) is 2. The van der Waals surface area contributed by atoms with E-state index in [9.17, 15) is 10.1 Å². The Morgan fingerprint density at radius 3 is 2.90 bits per heavy atom. The maximum absolute atomic E-state index is 11.1. The Labute approximate surface area is 120 Å². The summed E-state index contributed by atoms with van der Waals surface area (Å²) in [6.45, 7) is 2.60. The first-order chi connectivity index (χ1) is 9.67. The molecule has 1 aromatic carbocycles. The van der Waals surface area contributed by atoms with Crippen molar-refractivity contribution >= 4 is 22.7 Å². The number of nitriles is 1. The summed E-state index contributed by atoms with van der Waals surface area (Å²) in [5.74, 6) is 0. The van der Waals surface area contributed by atoms with Crippen molar-refractivity contribution in [2.24, 2.45) is 0 Å². The molecule has 6 heteroatoms. The van der Waals surface area contributed by atoms with Crippen LogP contribution in [-0.4, -0.2) is 4.92 Å². The molecule has 0 radical (unpaired) electrons. The van der Waals surface area contributed by atoms with Crippen LogP contribution in [-0.2, 0) is 13.0 Å². The molecule has 0 saturated carbocycles. The van der Waals surface area contributed by atoms with E-state index in [-0.39, 0.29) is 11.3 Å². The number of nitro groups is 1. The van der Waals surface area contributed by atoms with Gasteiger partial charge in [-0.1, -0.05) is 13.0 Å². The number of nitrogens with one attached hydrogen (secondary N) is 1. The second kappa shape index (κ2) is 6.17. The van der Waals surface area contributed by atoms with Gasteiger partial charge >= 0.3 is 5.69 Å². The molecule has 2 rings (SSSR count). The summed E-state index contributed by atoms with van der Waals surface area (Å²) in [5, 5.41) is 25.1. The maximum atomic E-state index is 11.1. The standard InChI is InChI=1S/C14H13N3O2S/c1-2-10-6-7-20-13(10)9-16-12-5-3-4-11(8-15)14(12)17(18)19/h3-7,16H,2,9H2,1H3. The smallest absolute Gasteiger partial charge is 0.309 e. The summed E-state index contributed by atoms with van der Waals surface area (Å²) in [5.41, 5.74) is 1.53. The number of rotatable bonds is 5. The molecule has 0 bridgehead atoms. The third-order valence-corrected chi connectivity index (χ3v) is 3.96.